The van der Waals surface area contributed by atoms with Crippen molar-refractivity contribution in [2.75, 3.05) is 27.2 Å². The van der Waals surface area contributed by atoms with Gasteiger partial charge in [0, 0.05) is 0 Å². The SMILES string of the molecule is CCCCCCCCCCCC[N+](C)(C)C[C]12[CH]3[CH]4[CH]5[CH]1[Fe]45321678[CH]2[CH]1[CH]6[CH]7[CH]28.Cc1ccc(S(=O)(=O)[O-])cc1. The van der Waals surface area contributed by atoms with Crippen LogP contribution < -0.4 is 0 Å². The molecular formula is C32H49FeNO3S. The Labute approximate surface area is 221 Å². The van der Waals surface area contributed by atoms with Crippen molar-refractivity contribution in [2.24, 2.45) is 0 Å². The zero-order valence-electron chi connectivity index (χ0n) is 23.9. The summed E-state index contributed by atoms with van der Waals surface area (Å²) in [4.78, 5) is 13.5. The average Bonchev–Trinajstić information content (AvgIpc) is 3.80. The zero-order chi connectivity index (χ0) is 26.5. The van der Waals surface area contributed by atoms with E-state index in [-0.39, 0.29) is 4.90 Å². The van der Waals surface area contributed by atoms with E-state index >= 15 is 0 Å². The molecule has 10 heterocycles. The molecule has 214 valence electrons. The van der Waals surface area contributed by atoms with Gasteiger partial charge >= 0.3 is 137 Å². The van der Waals surface area contributed by atoms with Crippen LogP contribution in [0.5, 0.6) is 0 Å². The minimum absolute atomic E-state index is 0.178. The van der Waals surface area contributed by atoms with E-state index in [2.05, 4.69) is 21.0 Å². The van der Waals surface area contributed by atoms with Crippen molar-refractivity contribution in [3.8, 4) is 0 Å². The Hall–Kier alpha value is -0.391. The van der Waals surface area contributed by atoms with Crippen LogP contribution in [0.25, 0.3) is 0 Å². The fourth-order valence-corrected chi connectivity index (χ4v) is 96.0. The summed E-state index contributed by atoms with van der Waals surface area (Å²) in [6.07, 6.45) is 14.8. The van der Waals surface area contributed by atoms with Gasteiger partial charge in [-0.1, -0.05) is 37.5 Å². The molecule has 38 heavy (non-hydrogen) atoms. The van der Waals surface area contributed by atoms with Crippen molar-refractivity contribution in [3.05, 3.63) is 29.8 Å². The first-order valence-corrected chi connectivity index (χ1v) is 23.6. The third-order valence-corrected chi connectivity index (χ3v) is 63.9. The number of hydrogen-bond donors (Lipinski definition) is 0. The minimum atomic E-state index is -4.27. The van der Waals surface area contributed by atoms with Gasteiger partial charge in [0.15, 0.2) is 0 Å². The fraction of sp³-hybridized carbons (Fsp3) is 0.812. The topological polar surface area (TPSA) is 57.2 Å². The third-order valence-electron chi connectivity index (χ3n) is 20.1. The molecule has 10 aliphatic rings. The van der Waals surface area contributed by atoms with Crippen molar-refractivity contribution < 1.29 is 24.0 Å². The first-order valence-electron chi connectivity index (χ1n) is 15.9. The van der Waals surface area contributed by atoms with Crippen LogP contribution in [0.4, 0.5) is 0 Å². The molecular weight excluding hydrogens is 534 g/mol. The Morgan fingerprint density at radius 1 is 0.763 bits per heavy atom. The van der Waals surface area contributed by atoms with Gasteiger partial charge in [0.2, 0.25) is 0 Å². The van der Waals surface area contributed by atoms with Gasteiger partial charge < -0.3 is 4.55 Å². The van der Waals surface area contributed by atoms with Gasteiger partial charge in [-0.15, -0.1) is 0 Å². The van der Waals surface area contributed by atoms with E-state index in [4.69, 9.17) is 0 Å². The Bertz CT molecular complexity index is 1610. The number of nitrogens with zero attached hydrogens (tertiary/aromatic N) is 1. The van der Waals surface area contributed by atoms with Gasteiger partial charge in [0.25, 0.3) is 0 Å². The molecule has 0 saturated carbocycles. The first kappa shape index (κ1) is 23.2. The van der Waals surface area contributed by atoms with E-state index < -0.39 is 16.6 Å². The number of aryl methyl sites for hydroxylation is 1. The Morgan fingerprint density at radius 2 is 1.21 bits per heavy atom. The van der Waals surface area contributed by atoms with Gasteiger partial charge in [-0.2, -0.15) is 0 Å². The summed E-state index contributed by atoms with van der Waals surface area (Å²) in [5.41, 5.74) is 0.928. The second-order valence-electron chi connectivity index (χ2n) is 18.1. The number of hydrogen-bond acceptors (Lipinski definition) is 3. The second-order valence-corrected chi connectivity index (χ2v) is 43.2. The smallest absolute Gasteiger partial charge is 0.124 e. The van der Waals surface area contributed by atoms with Gasteiger partial charge in [-0.3, -0.25) is 0 Å². The maximum absolute atomic E-state index is 10.4. The Balaban J connectivity index is 0.000000157. The van der Waals surface area contributed by atoms with Gasteiger partial charge in [0.1, 0.15) is 10.1 Å². The van der Waals surface area contributed by atoms with Gasteiger partial charge in [-0.25, -0.2) is 8.42 Å². The predicted molar refractivity (Wildman–Crippen MR) is 149 cm³/mol. The van der Waals surface area contributed by atoms with Crippen LogP contribution in [-0.2, 0) is 16.6 Å². The number of benzene rings is 1. The maximum atomic E-state index is 10.4. The molecule has 4 unspecified atom stereocenters. The monoisotopic (exact) mass is 583 g/mol. The molecule has 6 heteroatoms. The van der Waals surface area contributed by atoms with E-state index in [9.17, 15) is 13.0 Å². The summed E-state index contributed by atoms with van der Waals surface area (Å²) in [5.74, 6) is 0. The van der Waals surface area contributed by atoms with E-state index in [0.29, 0.717) is 0 Å². The number of rotatable bonds is 14. The van der Waals surface area contributed by atoms with Crippen molar-refractivity contribution in [3.63, 3.8) is 0 Å². The van der Waals surface area contributed by atoms with Crippen molar-refractivity contribution in [1.82, 2.24) is 0 Å². The molecule has 1 spiro atoms. The second kappa shape index (κ2) is 3.73. The molecule has 0 aliphatic carbocycles. The van der Waals surface area contributed by atoms with Crippen molar-refractivity contribution in [2.45, 2.75) is 131 Å². The van der Waals surface area contributed by atoms with E-state index in [1.165, 1.54) is 131 Å². The Morgan fingerprint density at radius 3 is 1.58 bits per heavy atom. The summed E-state index contributed by atoms with van der Waals surface area (Å²) in [7, 11) is 1.01. The molecule has 10 saturated heterocycles. The minimum Gasteiger partial charge on any atom is -0.744 e. The zero-order valence-corrected chi connectivity index (χ0v) is 25.8. The number of quaternary nitrogens is 1. The standard InChI is InChI=1S/C20H37N.C7H8O3S.C5H5.Fe/c1-4-5-6-7-8-9-10-11-12-15-18-21(2,3)19-20-16-13-14-17-20;1-6-2-4-7(5-3-6)11(8,9)10;1-2-4-5-3-1;/h13-14,16-17H,4-12,15,18-19H2,1-3H3;2-5H,1H3,(H,8,9,10);1-5H;/q+1;;;/p-1. The van der Waals surface area contributed by atoms with Crippen LogP contribution in [0.1, 0.15) is 76.7 Å². The van der Waals surface area contributed by atoms with Crippen LogP contribution in [0.2, 0.25) is 47.7 Å². The first-order chi connectivity index (χ1) is 17.8. The van der Waals surface area contributed by atoms with Crippen LogP contribution in [0.3, 0.4) is 0 Å². The van der Waals surface area contributed by atoms with E-state index in [1.807, 2.05) is 6.92 Å². The van der Waals surface area contributed by atoms with Gasteiger partial charge in [0.05, 0.1) is 4.90 Å². The van der Waals surface area contributed by atoms with Crippen LogP contribution in [0, 0.1) is 6.92 Å². The summed E-state index contributed by atoms with van der Waals surface area (Å²) < 4.78 is 33.7. The molecule has 1 aromatic rings. The number of fused-ring (bicyclic) bond motifs is 10. The normalized spacial score (nSPS) is 60.3. The van der Waals surface area contributed by atoms with Crippen LogP contribution in [0.15, 0.2) is 29.2 Å². The molecule has 4 nitrogen and oxygen atoms in total. The summed E-state index contributed by atoms with van der Waals surface area (Å²) >= 11 is 0. The van der Waals surface area contributed by atoms with E-state index in [0.717, 1.165) is 9.88 Å². The maximum Gasteiger partial charge on any atom is 0.124 e. The van der Waals surface area contributed by atoms with Crippen LogP contribution >= 0.6 is 0 Å². The molecule has 11 rings (SSSR count). The summed E-state index contributed by atoms with van der Waals surface area (Å²) in [6.45, 7) is 4.53. The summed E-state index contributed by atoms with van der Waals surface area (Å²) in [6, 6.07) is 5.78. The third kappa shape index (κ3) is 0.696. The summed E-state index contributed by atoms with van der Waals surface area (Å²) in [5, 5.41) is 0. The largest absolute Gasteiger partial charge is 0.744 e. The quantitative estimate of drug-likeness (QED) is 0.0953. The van der Waals surface area contributed by atoms with Crippen molar-refractivity contribution >= 4 is 10.1 Å². The fourth-order valence-electron chi connectivity index (χ4n) is 20.5. The van der Waals surface area contributed by atoms with Crippen LogP contribution in [-0.4, -0.2) is 44.6 Å². The Kier molecular flexibility index (Phi) is 2.28. The van der Waals surface area contributed by atoms with E-state index in [1.54, 1.807) is 18.7 Å². The molecule has 0 amide bonds. The predicted octanol–water partition coefficient (Wildman–Crippen LogP) is 8.64. The molecule has 10 fully saturated rings. The molecule has 1 aromatic carbocycles. The molecule has 0 bridgehead atoms. The average molecular weight is 584 g/mol. The molecule has 0 radical (unpaired) electrons. The molecule has 0 N–H and O–H groups in total. The van der Waals surface area contributed by atoms with Gasteiger partial charge in [-0.05, 0) is 19.1 Å². The molecule has 4 atom stereocenters. The molecule has 0 aromatic heterocycles. The van der Waals surface area contributed by atoms with Crippen molar-refractivity contribution in [1.29, 1.82) is 0 Å². The molecule has 10 aliphatic heterocycles. The number of unbranched alkanes of at least 4 members (excludes halogenated alkanes) is 9.